The van der Waals surface area contributed by atoms with E-state index in [9.17, 15) is 27.9 Å². The Morgan fingerprint density at radius 3 is 2.58 bits per heavy atom. The van der Waals surface area contributed by atoms with Gasteiger partial charge < -0.3 is 14.7 Å². The van der Waals surface area contributed by atoms with E-state index < -0.39 is 24.3 Å². The standard InChI is InChI=1S/C18H20F3NO4/c1-10-6-7-22(14(8-10)17(24)25)16(23)13-9-12(13)11-4-2-3-5-15(11)26-18(19,20)21/h2-5,10,12-14H,6-9H2,1H3,(H,24,25). The number of alkyl halides is 3. The van der Waals surface area contributed by atoms with Crippen LogP contribution in [0.1, 0.15) is 37.7 Å². The van der Waals surface area contributed by atoms with Crippen molar-refractivity contribution in [2.24, 2.45) is 11.8 Å². The Hall–Kier alpha value is -2.25. The molecule has 1 saturated carbocycles. The van der Waals surface area contributed by atoms with Gasteiger partial charge in [-0.15, -0.1) is 13.2 Å². The maximum absolute atomic E-state index is 12.8. The Morgan fingerprint density at radius 1 is 1.23 bits per heavy atom. The van der Waals surface area contributed by atoms with Gasteiger partial charge in [0, 0.05) is 12.5 Å². The number of halogens is 3. The molecule has 3 rings (SSSR count). The zero-order valence-electron chi connectivity index (χ0n) is 14.2. The molecule has 1 heterocycles. The van der Waals surface area contributed by atoms with Crippen LogP contribution in [-0.4, -0.2) is 40.8 Å². The minimum Gasteiger partial charge on any atom is -0.480 e. The molecule has 1 aliphatic heterocycles. The fourth-order valence-electron chi connectivity index (χ4n) is 3.67. The van der Waals surface area contributed by atoms with Gasteiger partial charge in [-0.1, -0.05) is 25.1 Å². The van der Waals surface area contributed by atoms with Crippen LogP contribution in [0.4, 0.5) is 13.2 Å². The van der Waals surface area contributed by atoms with E-state index in [1.165, 1.54) is 23.1 Å². The van der Waals surface area contributed by atoms with Crippen molar-refractivity contribution in [1.29, 1.82) is 0 Å². The van der Waals surface area contributed by atoms with E-state index in [0.29, 0.717) is 24.9 Å². The summed E-state index contributed by atoms with van der Waals surface area (Å²) in [6.07, 6.45) is -3.29. The molecule has 142 valence electrons. The van der Waals surface area contributed by atoms with Crippen molar-refractivity contribution in [3.05, 3.63) is 29.8 Å². The molecule has 4 unspecified atom stereocenters. The lowest BCUT2D eigenvalue weighted by Crippen LogP contribution is -2.50. The number of hydrogen-bond acceptors (Lipinski definition) is 3. The fourth-order valence-corrected chi connectivity index (χ4v) is 3.67. The first-order chi connectivity index (χ1) is 12.2. The van der Waals surface area contributed by atoms with Crippen LogP contribution in [0.15, 0.2) is 24.3 Å². The average Bonchev–Trinajstić information content (AvgIpc) is 3.33. The summed E-state index contributed by atoms with van der Waals surface area (Å²) in [5, 5.41) is 9.39. The Balaban J connectivity index is 1.74. The molecule has 1 amide bonds. The van der Waals surface area contributed by atoms with Gasteiger partial charge in [0.2, 0.25) is 5.91 Å². The van der Waals surface area contributed by atoms with Crippen molar-refractivity contribution in [1.82, 2.24) is 4.90 Å². The lowest BCUT2D eigenvalue weighted by Gasteiger charge is -2.36. The summed E-state index contributed by atoms with van der Waals surface area (Å²) < 4.78 is 41.8. The highest BCUT2D eigenvalue weighted by Crippen LogP contribution is 2.52. The molecule has 1 saturated heterocycles. The van der Waals surface area contributed by atoms with Crippen LogP contribution >= 0.6 is 0 Å². The van der Waals surface area contributed by atoms with E-state index in [4.69, 9.17) is 0 Å². The molecular weight excluding hydrogens is 351 g/mol. The van der Waals surface area contributed by atoms with Crippen LogP contribution in [0.3, 0.4) is 0 Å². The number of rotatable bonds is 4. The van der Waals surface area contributed by atoms with Crippen molar-refractivity contribution >= 4 is 11.9 Å². The number of aliphatic carboxylic acids is 1. The van der Waals surface area contributed by atoms with Gasteiger partial charge in [-0.3, -0.25) is 4.79 Å². The molecule has 1 aliphatic carbocycles. The van der Waals surface area contributed by atoms with Gasteiger partial charge in [-0.2, -0.15) is 0 Å². The highest BCUT2D eigenvalue weighted by molar-refractivity contribution is 5.88. The fraction of sp³-hybridized carbons (Fsp3) is 0.556. The summed E-state index contributed by atoms with van der Waals surface area (Å²) in [6.45, 7) is 2.31. The summed E-state index contributed by atoms with van der Waals surface area (Å²) in [5.74, 6) is -2.30. The van der Waals surface area contributed by atoms with Crippen molar-refractivity contribution in [3.8, 4) is 5.75 Å². The molecule has 0 radical (unpaired) electrons. The van der Waals surface area contributed by atoms with Gasteiger partial charge in [-0.05, 0) is 42.7 Å². The van der Waals surface area contributed by atoms with Gasteiger partial charge in [0.25, 0.3) is 0 Å². The van der Waals surface area contributed by atoms with Gasteiger partial charge in [0.1, 0.15) is 11.8 Å². The van der Waals surface area contributed by atoms with E-state index in [-0.39, 0.29) is 23.5 Å². The first kappa shape index (κ1) is 18.5. The third kappa shape index (κ3) is 3.94. The van der Waals surface area contributed by atoms with E-state index in [1.807, 2.05) is 6.92 Å². The van der Waals surface area contributed by atoms with Crippen LogP contribution in [-0.2, 0) is 9.59 Å². The maximum Gasteiger partial charge on any atom is 0.573 e. The maximum atomic E-state index is 12.8. The number of carbonyl (C=O) groups is 2. The van der Waals surface area contributed by atoms with Gasteiger partial charge in [0.15, 0.2) is 0 Å². The average molecular weight is 371 g/mol. The zero-order chi connectivity index (χ0) is 19.1. The number of para-hydroxylation sites is 1. The largest absolute Gasteiger partial charge is 0.573 e. The van der Waals surface area contributed by atoms with E-state index in [0.717, 1.165) is 6.42 Å². The van der Waals surface area contributed by atoms with Gasteiger partial charge in [-0.25, -0.2) is 4.79 Å². The van der Waals surface area contributed by atoms with Crippen molar-refractivity contribution in [2.45, 2.75) is 44.5 Å². The zero-order valence-corrected chi connectivity index (χ0v) is 14.2. The second-order valence-electron chi connectivity index (χ2n) is 7.05. The second-order valence-corrected chi connectivity index (χ2v) is 7.05. The number of benzene rings is 1. The number of amides is 1. The topological polar surface area (TPSA) is 66.8 Å². The second kappa shape index (κ2) is 6.81. The number of ether oxygens (including phenoxy) is 1. The Kier molecular flexibility index (Phi) is 4.86. The van der Waals surface area contributed by atoms with Crippen LogP contribution in [0, 0.1) is 11.8 Å². The molecule has 0 aromatic heterocycles. The molecule has 1 aromatic rings. The van der Waals surface area contributed by atoms with Gasteiger partial charge >= 0.3 is 12.3 Å². The SMILES string of the molecule is CC1CCN(C(=O)C2CC2c2ccccc2OC(F)(F)F)C(C(=O)O)C1. The van der Waals surface area contributed by atoms with E-state index in [2.05, 4.69) is 4.74 Å². The van der Waals surface area contributed by atoms with Crippen LogP contribution in [0.2, 0.25) is 0 Å². The van der Waals surface area contributed by atoms with Crippen LogP contribution < -0.4 is 4.74 Å². The number of nitrogens with zero attached hydrogens (tertiary/aromatic N) is 1. The number of piperidine rings is 1. The lowest BCUT2D eigenvalue weighted by atomic mass is 9.92. The Labute approximate surface area is 148 Å². The summed E-state index contributed by atoms with van der Waals surface area (Å²) in [7, 11) is 0. The predicted molar refractivity (Wildman–Crippen MR) is 85.5 cm³/mol. The minimum absolute atomic E-state index is 0.219. The molecule has 1 aromatic carbocycles. The summed E-state index contributed by atoms with van der Waals surface area (Å²) in [4.78, 5) is 25.6. The minimum atomic E-state index is -4.80. The quantitative estimate of drug-likeness (QED) is 0.881. The first-order valence-electron chi connectivity index (χ1n) is 8.55. The van der Waals surface area contributed by atoms with Crippen molar-refractivity contribution in [3.63, 3.8) is 0 Å². The molecular formula is C18H20F3NO4. The molecule has 2 aliphatic rings. The molecule has 5 nitrogen and oxygen atoms in total. The van der Waals surface area contributed by atoms with Crippen molar-refractivity contribution < 1.29 is 32.6 Å². The molecule has 2 fully saturated rings. The smallest absolute Gasteiger partial charge is 0.480 e. The first-order valence-corrected chi connectivity index (χ1v) is 8.55. The molecule has 4 atom stereocenters. The highest BCUT2D eigenvalue weighted by Gasteiger charge is 2.50. The Bertz CT molecular complexity index is 706. The summed E-state index contributed by atoms with van der Waals surface area (Å²) in [5.41, 5.74) is 0.334. The number of carbonyl (C=O) groups excluding carboxylic acids is 1. The van der Waals surface area contributed by atoms with Crippen molar-refractivity contribution in [2.75, 3.05) is 6.54 Å². The molecule has 1 N–H and O–H groups in total. The third-order valence-corrected chi connectivity index (χ3v) is 5.08. The predicted octanol–water partition coefficient (Wildman–Crippen LogP) is 3.40. The molecule has 8 heteroatoms. The van der Waals surface area contributed by atoms with Crippen LogP contribution in [0.5, 0.6) is 5.75 Å². The lowest BCUT2D eigenvalue weighted by molar-refractivity contribution is -0.274. The highest BCUT2D eigenvalue weighted by atomic mass is 19.4. The monoisotopic (exact) mass is 371 g/mol. The molecule has 26 heavy (non-hydrogen) atoms. The molecule has 0 spiro atoms. The number of likely N-dealkylation sites (tertiary alicyclic amines) is 1. The number of carboxylic acid groups (broad SMARTS) is 1. The number of carboxylic acids is 1. The van der Waals surface area contributed by atoms with Gasteiger partial charge in [0.05, 0.1) is 0 Å². The Morgan fingerprint density at radius 2 is 1.92 bits per heavy atom. The van der Waals surface area contributed by atoms with Crippen LogP contribution in [0.25, 0.3) is 0 Å². The number of hydrogen-bond donors (Lipinski definition) is 1. The van der Waals surface area contributed by atoms with E-state index in [1.54, 1.807) is 6.07 Å². The molecule has 0 bridgehead atoms. The third-order valence-electron chi connectivity index (χ3n) is 5.08. The normalized spacial score (nSPS) is 28.5. The van der Waals surface area contributed by atoms with E-state index >= 15 is 0 Å². The summed E-state index contributed by atoms with van der Waals surface area (Å²) in [6, 6.07) is 4.92. The summed E-state index contributed by atoms with van der Waals surface area (Å²) >= 11 is 0.